The van der Waals surface area contributed by atoms with Crippen molar-refractivity contribution >= 4 is 22.6 Å². The van der Waals surface area contributed by atoms with Crippen molar-refractivity contribution in [3.63, 3.8) is 0 Å². The maximum atomic E-state index is 5.28. The molecule has 3 rings (SSSR count). The van der Waals surface area contributed by atoms with Crippen molar-refractivity contribution in [1.29, 1.82) is 0 Å². The van der Waals surface area contributed by atoms with Crippen LogP contribution in [0.15, 0.2) is 42.5 Å². The van der Waals surface area contributed by atoms with Gasteiger partial charge in [0.25, 0.3) is 0 Å². The average Bonchev–Trinajstić information content (AvgIpc) is 2.83. The van der Waals surface area contributed by atoms with E-state index in [2.05, 4.69) is 63.9 Å². The fourth-order valence-electron chi connectivity index (χ4n) is 2.59. The Balaban J connectivity index is 1.75. The van der Waals surface area contributed by atoms with Crippen molar-refractivity contribution < 1.29 is 4.74 Å². The fraction of sp³-hybridized carbons (Fsp3) is 0.250. The zero-order valence-corrected chi connectivity index (χ0v) is 13.1. The van der Waals surface area contributed by atoms with Crippen LogP contribution in [0.4, 0.5) is 0 Å². The Bertz CT molecular complexity index is 597. The second-order valence-corrected chi connectivity index (χ2v) is 6.04. The number of nitrogens with zero attached hydrogens (tertiary/aromatic N) is 1. The van der Waals surface area contributed by atoms with E-state index in [1.165, 1.54) is 20.3 Å². The SMILES string of the molecule is COc1cccc(CN2Cc3cccc(I)c3C2)c1. The Morgan fingerprint density at radius 1 is 1.16 bits per heavy atom. The smallest absolute Gasteiger partial charge is 0.119 e. The quantitative estimate of drug-likeness (QED) is 0.767. The molecule has 0 aliphatic carbocycles. The van der Waals surface area contributed by atoms with Gasteiger partial charge in [-0.2, -0.15) is 0 Å². The predicted molar refractivity (Wildman–Crippen MR) is 85.1 cm³/mol. The summed E-state index contributed by atoms with van der Waals surface area (Å²) >= 11 is 2.43. The summed E-state index contributed by atoms with van der Waals surface area (Å²) in [4.78, 5) is 2.47. The monoisotopic (exact) mass is 365 g/mol. The van der Waals surface area contributed by atoms with Gasteiger partial charge in [-0.05, 0) is 57.5 Å². The van der Waals surface area contributed by atoms with Crippen molar-refractivity contribution in [3.8, 4) is 5.75 Å². The molecule has 1 aliphatic heterocycles. The maximum Gasteiger partial charge on any atom is 0.119 e. The molecular weight excluding hydrogens is 349 g/mol. The van der Waals surface area contributed by atoms with Crippen LogP contribution in [0.2, 0.25) is 0 Å². The van der Waals surface area contributed by atoms with Gasteiger partial charge < -0.3 is 4.74 Å². The molecule has 0 radical (unpaired) electrons. The van der Waals surface area contributed by atoms with Gasteiger partial charge in [-0.3, -0.25) is 4.90 Å². The lowest BCUT2D eigenvalue weighted by Gasteiger charge is -2.15. The van der Waals surface area contributed by atoms with Crippen LogP contribution in [0.1, 0.15) is 16.7 Å². The average molecular weight is 365 g/mol. The standard InChI is InChI=1S/C16H16INO/c1-19-14-6-2-4-12(8-14)9-18-10-13-5-3-7-16(17)15(13)11-18/h2-8H,9-11H2,1H3. The van der Waals surface area contributed by atoms with E-state index in [4.69, 9.17) is 4.74 Å². The molecule has 0 bridgehead atoms. The number of fused-ring (bicyclic) bond motifs is 1. The summed E-state index contributed by atoms with van der Waals surface area (Å²) in [6, 6.07) is 14.9. The van der Waals surface area contributed by atoms with Crippen LogP contribution < -0.4 is 4.74 Å². The van der Waals surface area contributed by atoms with E-state index in [1.807, 2.05) is 6.07 Å². The number of rotatable bonds is 3. The number of hydrogen-bond donors (Lipinski definition) is 0. The van der Waals surface area contributed by atoms with Crippen LogP contribution in [0.3, 0.4) is 0 Å². The van der Waals surface area contributed by atoms with Gasteiger partial charge in [0, 0.05) is 23.2 Å². The number of benzene rings is 2. The molecule has 2 nitrogen and oxygen atoms in total. The Morgan fingerprint density at radius 2 is 2.00 bits per heavy atom. The van der Waals surface area contributed by atoms with Crippen molar-refractivity contribution in [2.45, 2.75) is 19.6 Å². The van der Waals surface area contributed by atoms with Gasteiger partial charge in [0.05, 0.1) is 7.11 Å². The van der Waals surface area contributed by atoms with Crippen LogP contribution in [0.25, 0.3) is 0 Å². The van der Waals surface area contributed by atoms with Gasteiger partial charge in [0.2, 0.25) is 0 Å². The van der Waals surface area contributed by atoms with Gasteiger partial charge in [-0.15, -0.1) is 0 Å². The van der Waals surface area contributed by atoms with Gasteiger partial charge in [-0.1, -0.05) is 24.3 Å². The minimum Gasteiger partial charge on any atom is -0.497 e. The molecule has 0 fully saturated rings. The molecule has 0 saturated carbocycles. The minimum absolute atomic E-state index is 0.934. The summed E-state index contributed by atoms with van der Waals surface area (Å²) in [6.45, 7) is 3.07. The highest BCUT2D eigenvalue weighted by Gasteiger charge is 2.20. The van der Waals surface area contributed by atoms with Gasteiger partial charge in [-0.25, -0.2) is 0 Å². The Hall–Kier alpha value is -1.07. The maximum absolute atomic E-state index is 5.28. The molecule has 0 unspecified atom stereocenters. The number of hydrogen-bond acceptors (Lipinski definition) is 2. The molecule has 1 heterocycles. The minimum atomic E-state index is 0.934. The first-order valence-electron chi connectivity index (χ1n) is 6.38. The first-order valence-corrected chi connectivity index (χ1v) is 7.45. The summed E-state index contributed by atoms with van der Waals surface area (Å²) in [5, 5.41) is 0. The first-order chi connectivity index (χ1) is 9.26. The molecular formula is C16H16INO. The van der Waals surface area contributed by atoms with Crippen LogP contribution in [-0.4, -0.2) is 12.0 Å². The van der Waals surface area contributed by atoms with Gasteiger partial charge in [0.15, 0.2) is 0 Å². The lowest BCUT2D eigenvalue weighted by Crippen LogP contribution is -2.15. The number of ether oxygens (including phenoxy) is 1. The van der Waals surface area contributed by atoms with Gasteiger partial charge in [0.1, 0.15) is 5.75 Å². The Labute approximate surface area is 127 Å². The molecule has 98 valence electrons. The largest absolute Gasteiger partial charge is 0.497 e. The summed E-state index contributed by atoms with van der Waals surface area (Å²) in [6.07, 6.45) is 0. The fourth-order valence-corrected chi connectivity index (χ4v) is 3.31. The highest BCUT2D eigenvalue weighted by molar-refractivity contribution is 14.1. The highest BCUT2D eigenvalue weighted by atomic mass is 127. The second kappa shape index (κ2) is 5.51. The topological polar surface area (TPSA) is 12.5 Å². The molecule has 0 saturated heterocycles. The molecule has 0 atom stereocenters. The van der Waals surface area contributed by atoms with Crippen molar-refractivity contribution in [1.82, 2.24) is 4.90 Å². The number of halogens is 1. The van der Waals surface area contributed by atoms with Crippen LogP contribution >= 0.6 is 22.6 Å². The molecule has 0 aromatic heterocycles. The number of methoxy groups -OCH3 is 1. The summed E-state index contributed by atoms with van der Waals surface area (Å²) < 4.78 is 6.66. The molecule has 19 heavy (non-hydrogen) atoms. The third kappa shape index (κ3) is 2.77. The Morgan fingerprint density at radius 3 is 2.79 bits per heavy atom. The van der Waals surface area contributed by atoms with Crippen molar-refractivity contribution in [3.05, 3.63) is 62.7 Å². The van der Waals surface area contributed by atoms with Crippen LogP contribution in [-0.2, 0) is 19.6 Å². The lowest BCUT2D eigenvalue weighted by molar-refractivity contribution is 0.274. The van der Waals surface area contributed by atoms with E-state index in [0.717, 1.165) is 25.4 Å². The van der Waals surface area contributed by atoms with Crippen LogP contribution in [0.5, 0.6) is 5.75 Å². The predicted octanol–water partition coefficient (Wildman–Crippen LogP) is 3.82. The van der Waals surface area contributed by atoms with E-state index in [0.29, 0.717) is 0 Å². The van der Waals surface area contributed by atoms with E-state index in [9.17, 15) is 0 Å². The third-order valence-corrected chi connectivity index (χ3v) is 4.54. The summed E-state index contributed by atoms with van der Waals surface area (Å²) in [5.41, 5.74) is 4.27. The summed E-state index contributed by atoms with van der Waals surface area (Å²) in [5.74, 6) is 0.934. The van der Waals surface area contributed by atoms with E-state index in [1.54, 1.807) is 7.11 Å². The zero-order valence-electron chi connectivity index (χ0n) is 10.9. The second-order valence-electron chi connectivity index (χ2n) is 4.87. The summed E-state index contributed by atoms with van der Waals surface area (Å²) in [7, 11) is 1.72. The van der Waals surface area contributed by atoms with E-state index in [-0.39, 0.29) is 0 Å². The molecule has 1 aliphatic rings. The molecule has 0 N–H and O–H groups in total. The highest BCUT2D eigenvalue weighted by Crippen LogP contribution is 2.28. The molecule has 2 aromatic carbocycles. The molecule has 0 amide bonds. The first kappa shape index (κ1) is 12.9. The van der Waals surface area contributed by atoms with Gasteiger partial charge >= 0.3 is 0 Å². The molecule has 2 aromatic rings. The molecule has 3 heteroatoms. The third-order valence-electron chi connectivity index (χ3n) is 3.53. The van der Waals surface area contributed by atoms with Crippen molar-refractivity contribution in [2.75, 3.05) is 7.11 Å². The zero-order chi connectivity index (χ0) is 13.2. The normalized spacial score (nSPS) is 14.4. The van der Waals surface area contributed by atoms with Crippen LogP contribution in [0, 0.1) is 3.57 Å². The van der Waals surface area contributed by atoms with E-state index >= 15 is 0 Å². The molecule has 0 spiro atoms. The Kier molecular flexibility index (Phi) is 3.75. The van der Waals surface area contributed by atoms with Crippen molar-refractivity contribution in [2.24, 2.45) is 0 Å². The van der Waals surface area contributed by atoms with E-state index < -0.39 is 0 Å². The lowest BCUT2D eigenvalue weighted by atomic mass is 10.1.